The van der Waals surface area contributed by atoms with Crippen LogP contribution in [0.3, 0.4) is 0 Å². The minimum atomic E-state index is -0.871. The summed E-state index contributed by atoms with van der Waals surface area (Å²) < 4.78 is 15.6. The molecule has 1 aromatic heterocycles. The van der Waals surface area contributed by atoms with Crippen LogP contribution in [0.25, 0.3) is 0 Å². The fourth-order valence-electron chi connectivity index (χ4n) is 2.44. The third-order valence-corrected chi connectivity index (χ3v) is 3.56. The highest BCUT2D eigenvalue weighted by Gasteiger charge is 2.26. The summed E-state index contributed by atoms with van der Waals surface area (Å²) in [6.45, 7) is 2.79. The number of primary amides is 1. The van der Waals surface area contributed by atoms with Gasteiger partial charge in [-0.2, -0.15) is 0 Å². The van der Waals surface area contributed by atoms with E-state index in [9.17, 15) is 14.4 Å². The number of hydrogen-bond acceptors (Lipinski definition) is 6. The van der Waals surface area contributed by atoms with Gasteiger partial charge in [-0.3, -0.25) is 19.7 Å². The zero-order valence-corrected chi connectivity index (χ0v) is 14.3. The number of nitrogens with one attached hydrogen (secondary N) is 1. The molecule has 2 rings (SSSR count). The fourth-order valence-corrected chi connectivity index (χ4v) is 2.44. The van der Waals surface area contributed by atoms with Gasteiger partial charge in [-0.15, -0.1) is 0 Å². The zero-order chi connectivity index (χ0) is 18.7. The lowest BCUT2D eigenvalue weighted by atomic mass is 10.1. The normalized spacial score (nSPS) is 10.2. The molecule has 0 atom stereocenters. The first-order valence-corrected chi connectivity index (χ1v) is 7.27. The van der Waals surface area contributed by atoms with Crippen molar-refractivity contribution in [2.24, 2.45) is 5.73 Å². The number of carbonyl (C=O) groups is 3. The molecule has 0 aliphatic heterocycles. The van der Waals surface area contributed by atoms with Crippen LogP contribution in [0.5, 0.6) is 11.5 Å². The molecule has 0 aliphatic carbocycles. The van der Waals surface area contributed by atoms with Crippen LogP contribution < -0.4 is 20.5 Å². The van der Waals surface area contributed by atoms with Crippen molar-refractivity contribution in [3.8, 4) is 11.5 Å². The maximum absolute atomic E-state index is 12.4. The van der Waals surface area contributed by atoms with Crippen molar-refractivity contribution in [3.63, 3.8) is 0 Å². The molecular weight excluding hydrogens is 328 g/mol. The van der Waals surface area contributed by atoms with Crippen LogP contribution in [0.15, 0.2) is 22.6 Å². The van der Waals surface area contributed by atoms with Crippen molar-refractivity contribution < 1.29 is 28.3 Å². The number of methoxy groups -OCH3 is 2. The molecule has 132 valence electrons. The summed E-state index contributed by atoms with van der Waals surface area (Å²) in [5, 5.41) is 2.46. The number of aryl methyl sites for hydroxylation is 1. The van der Waals surface area contributed by atoms with E-state index >= 15 is 0 Å². The molecule has 0 fully saturated rings. The Hall–Kier alpha value is -3.29. The quantitative estimate of drug-likeness (QED) is 0.773. The van der Waals surface area contributed by atoms with E-state index in [0.717, 1.165) is 0 Å². The van der Waals surface area contributed by atoms with E-state index in [1.807, 2.05) is 0 Å². The molecule has 0 aliphatic rings. The van der Waals surface area contributed by atoms with Gasteiger partial charge in [0.1, 0.15) is 11.3 Å². The number of carbonyl (C=O) groups excluding carboxylic acids is 3. The number of Topliss-reactive ketones (excluding diaryl/α,β-unsaturated/α-hetero) is 1. The highest BCUT2D eigenvalue weighted by atomic mass is 16.5. The van der Waals surface area contributed by atoms with E-state index in [1.165, 1.54) is 40.2 Å². The minimum Gasteiger partial charge on any atom is -0.493 e. The number of rotatable bonds is 6. The van der Waals surface area contributed by atoms with Crippen molar-refractivity contribution in [2.45, 2.75) is 13.8 Å². The van der Waals surface area contributed by atoms with Crippen molar-refractivity contribution in [2.75, 3.05) is 19.5 Å². The first-order valence-electron chi connectivity index (χ1n) is 7.27. The second-order valence-electron chi connectivity index (χ2n) is 5.18. The number of ketones is 1. The summed E-state index contributed by atoms with van der Waals surface area (Å²) in [4.78, 5) is 35.8. The molecule has 3 N–H and O–H groups in total. The summed E-state index contributed by atoms with van der Waals surface area (Å²) in [6, 6.07) is 4.55. The van der Waals surface area contributed by atoms with Crippen LogP contribution in [0, 0.1) is 6.92 Å². The van der Waals surface area contributed by atoms with Gasteiger partial charge in [0.2, 0.25) is 5.88 Å². The Morgan fingerprint density at radius 1 is 1.08 bits per heavy atom. The highest BCUT2D eigenvalue weighted by molar-refractivity contribution is 6.13. The van der Waals surface area contributed by atoms with E-state index < -0.39 is 11.8 Å². The smallest absolute Gasteiger partial charge is 0.258 e. The molecule has 0 unspecified atom stereocenters. The molecule has 0 bridgehead atoms. The Kier molecular flexibility index (Phi) is 5.11. The summed E-state index contributed by atoms with van der Waals surface area (Å²) in [6.07, 6.45) is 0. The summed E-state index contributed by atoms with van der Waals surface area (Å²) in [7, 11) is 2.92. The molecule has 0 saturated carbocycles. The number of ether oxygens (including phenoxy) is 2. The molecule has 0 saturated heterocycles. The number of benzene rings is 1. The lowest BCUT2D eigenvalue weighted by Gasteiger charge is -2.09. The number of nitrogens with two attached hydrogens (primary N) is 1. The van der Waals surface area contributed by atoms with Gasteiger partial charge < -0.3 is 19.6 Å². The van der Waals surface area contributed by atoms with Crippen LogP contribution in [-0.2, 0) is 0 Å². The van der Waals surface area contributed by atoms with Crippen LogP contribution in [0.4, 0.5) is 5.88 Å². The molecule has 2 amide bonds. The number of hydrogen-bond donors (Lipinski definition) is 2. The zero-order valence-electron chi connectivity index (χ0n) is 14.3. The predicted molar refractivity (Wildman–Crippen MR) is 89.5 cm³/mol. The monoisotopic (exact) mass is 346 g/mol. The van der Waals surface area contributed by atoms with Crippen LogP contribution in [0.1, 0.15) is 43.8 Å². The number of furan rings is 1. The van der Waals surface area contributed by atoms with Gasteiger partial charge in [0.15, 0.2) is 17.3 Å². The lowest BCUT2D eigenvalue weighted by molar-refractivity contribution is 0.0974. The third kappa shape index (κ3) is 3.47. The maximum atomic E-state index is 12.4. The van der Waals surface area contributed by atoms with Crippen molar-refractivity contribution >= 4 is 23.5 Å². The molecule has 8 heteroatoms. The average Bonchev–Trinajstić information content (AvgIpc) is 2.90. The Morgan fingerprint density at radius 3 is 2.24 bits per heavy atom. The SMILES string of the molecule is COc1ccc(C(=O)Nc2oc(C)c(C(C)=O)c2C(N)=O)cc1OC. The highest BCUT2D eigenvalue weighted by Crippen LogP contribution is 2.30. The Morgan fingerprint density at radius 2 is 1.72 bits per heavy atom. The van der Waals surface area contributed by atoms with Gasteiger partial charge >= 0.3 is 0 Å². The molecule has 1 aromatic carbocycles. The molecule has 2 aromatic rings. The first kappa shape index (κ1) is 18.1. The third-order valence-electron chi connectivity index (χ3n) is 3.56. The van der Waals surface area contributed by atoms with E-state index in [4.69, 9.17) is 19.6 Å². The maximum Gasteiger partial charge on any atom is 0.258 e. The van der Waals surface area contributed by atoms with Crippen LogP contribution in [-0.4, -0.2) is 31.8 Å². The van der Waals surface area contributed by atoms with Crippen LogP contribution >= 0.6 is 0 Å². The first-order chi connectivity index (χ1) is 11.8. The number of anilines is 1. The standard InChI is InChI=1S/C17H18N2O6/c1-8(20)13-9(2)25-17(14(13)15(18)21)19-16(22)10-5-6-11(23-3)12(7-10)24-4/h5-7H,1-4H3,(H2,18,21)(H,19,22). The van der Waals surface area contributed by atoms with Gasteiger partial charge in [0.05, 0.1) is 19.8 Å². The van der Waals surface area contributed by atoms with E-state index in [1.54, 1.807) is 6.07 Å². The average molecular weight is 346 g/mol. The largest absolute Gasteiger partial charge is 0.493 e. The van der Waals surface area contributed by atoms with Crippen molar-refractivity contribution in [3.05, 3.63) is 40.6 Å². The second kappa shape index (κ2) is 7.08. The molecule has 25 heavy (non-hydrogen) atoms. The molecule has 0 radical (unpaired) electrons. The second-order valence-corrected chi connectivity index (χ2v) is 5.18. The van der Waals surface area contributed by atoms with Gasteiger partial charge in [-0.25, -0.2) is 0 Å². The summed E-state index contributed by atoms with van der Waals surface area (Å²) >= 11 is 0. The molecule has 1 heterocycles. The van der Waals surface area contributed by atoms with Gasteiger partial charge in [-0.1, -0.05) is 0 Å². The van der Waals surface area contributed by atoms with E-state index in [-0.39, 0.29) is 34.1 Å². The van der Waals surface area contributed by atoms with Gasteiger partial charge in [0.25, 0.3) is 11.8 Å². The van der Waals surface area contributed by atoms with Crippen LogP contribution in [0.2, 0.25) is 0 Å². The predicted octanol–water partition coefficient (Wildman–Crippen LogP) is 2.16. The van der Waals surface area contributed by atoms with E-state index in [0.29, 0.717) is 11.5 Å². The Labute approximate surface area is 143 Å². The molecule has 0 spiro atoms. The lowest BCUT2D eigenvalue weighted by Crippen LogP contribution is -2.19. The van der Waals surface area contributed by atoms with Crippen molar-refractivity contribution in [1.82, 2.24) is 0 Å². The topological polar surface area (TPSA) is 121 Å². The molecular formula is C17H18N2O6. The minimum absolute atomic E-state index is 0.0510. The van der Waals surface area contributed by atoms with Gasteiger partial charge in [0, 0.05) is 5.56 Å². The Bertz CT molecular complexity index is 853. The summed E-state index contributed by atoms with van der Waals surface area (Å²) in [5.41, 5.74) is 5.46. The number of amides is 2. The van der Waals surface area contributed by atoms with E-state index in [2.05, 4.69) is 5.32 Å². The Balaban J connectivity index is 2.40. The van der Waals surface area contributed by atoms with Crippen molar-refractivity contribution in [1.29, 1.82) is 0 Å². The molecule has 8 nitrogen and oxygen atoms in total. The summed E-state index contributed by atoms with van der Waals surface area (Å²) in [5.74, 6) is -0.965. The fraction of sp³-hybridized carbons (Fsp3) is 0.235. The van der Waals surface area contributed by atoms with Gasteiger partial charge in [-0.05, 0) is 32.0 Å².